The van der Waals surface area contributed by atoms with Crippen molar-refractivity contribution in [2.75, 3.05) is 11.1 Å². The number of hydrogen-bond acceptors (Lipinski definition) is 3. The van der Waals surface area contributed by atoms with E-state index in [9.17, 15) is 4.79 Å². The van der Waals surface area contributed by atoms with Gasteiger partial charge in [0, 0.05) is 22.8 Å². The van der Waals surface area contributed by atoms with Crippen LogP contribution in [0.2, 0.25) is 10.0 Å². The van der Waals surface area contributed by atoms with E-state index in [1.165, 1.54) is 11.8 Å². The Bertz CT molecular complexity index is 938. The van der Waals surface area contributed by atoms with Gasteiger partial charge in [0.2, 0.25) is 5.91 Å². The first kappa shape index (κ1) is 18.8. The SMILES string of the molecule is Cc1ccc(NC(=O)CSc2ncc(-c3ccc(Cl)cc3)n2C)cc1Cl. The third-order valence-electron chi connectivity index (χ3n) is 3.87. The molecule has 4 nitrogen and oxygen atoms in total. The molecule has 1 heterocycles. The molecule has 0 aliphatic carbocycles. The van der Waals surface area contributed by atoms with E-state index in [2.05, 4.69) is 10.3 Å². The highest BCUT2D eigenvalue weighted by Crippen LogP contribution is 2.26. The van der Waals surface area contributed by atoms with Gasteiger partial charge in [-0.1, -0.05) is 53.2 Å². The summed E-state index contributed by atoms with van der Waals surface area (Å²) in [4.78, 5) is 16.6. The molecule has 0 spiro atoms. The fourth-order valence-electron chi connectivity index (χ4n) is 2.41. The average Bonchev–Trinajstić information content (AvgIpc) is 2.98. The molecule has 0 saturated heterocycles. The number of benzene rings is 2. The zero-order chi connectivity index (χ0) is 18.7. The number of nitrogens with one attached hydrogen (secondary N) is 1. The Morgan fingerprint density at radius 1 is 1.19 bits per heavy atom. The lowest BCUT2D eigenvalue weighted by molar-refractivity contribution is -0.113. The minimum Gasteiger partial charge on any atom is -0.325 e. The summed E-state index contributed by atoms with van der Waals surface area (Å²) in [5.41, 5.74) is 3.65. The highest BCUT2D eigenvalue weighted by atomic mass is 35.5. The van der Waals surface area contributed by atoms with E-state index in [1.54, 1.807) is 12.3 Å². The quantitative estimate of drug-likeness (QED) is 0.575. The van der Waals surface area contributed by atoms with Gasteiger partial charge in [0.05, 0.1) is 17.6 Å². The van der Waals surface area contributed by atoms with Gasteiger partial charge in [0.25, 0.3) is 0 Å². The number of hydrogen-bond donors (Lipinski definition) is 1. The first-order valence-corrected chi connectivity index (χ1v) is 9.64. The van der Waals surface area contributed by atoms with Crippen molar-refractivity contribution in [3.05, 3.63) is 64.3 Å². The number of carbonyl (C=O) groups excluding carboxylic acids is 1. The largest absolute Gasteiger partial charge is 0.325 e. The summed E-state index contributed by atoms with van der Waals surface area (Å²) < 4.78 is 1.96. The number of aryl methyl sites for hydroxylation is 1. The van der Waals surface area contributed by atoms with E-state index in [-0.39, 0.29) is 11.7 Å². The lowest BCUT2D eigenvalue weighted by atomic mass is 10.2. The number of aromatic nitrogens is 2. The van der Waals surface area contributed by atoms with Gasteiger partial charge in [-0.15, -0.1) is 0 Å². The predicted octanol–water partition coefficient (Wildman–Crippen LogP) is 5.43. The van der Waals surface area contributed by atoms with Crippen LogP contribution in [0, 0.1) is 6.92 Å². The summed E-state index contributed by atoms with van der Waals surface area (Å²) >= 11 is 13.4. The molecule has 1 aromatic heterocycles. The summed E-state index contributed by atoms with van der Waals surface area (Å²) in [5.74, 6) is 0.155. The monoisotopic (exact) mass is 405 g/mol. The van der Waals surface area contributed by atoms with E-state index in [4.69, 9.17) is 23.2 Å². The van der Waals surface area contributed by atoms with E-state index >= 15 is 0 Å². The summed E-state index contributed by atoms with van der Waals surface area (Å²) in [5, 5.41) is 4.94. The fraction of sp³-hybridized carbons (Fsp3) is 0.158. The molecule has 7 heteroatoms. The van der Waals surface area contributed by atoms with E-state index in [1.807, 2.05) is 54.9 Å². The minimum atomic E-state index is -0.106. The van der Waals surface area contributed by atoms with Gasteiger partial charge in [-0.2, -0.15) is 0 Å². The van der Waals surface area contributed by atoms with Crippen molar-refractivity contribution in [2.24, 2.45) is 7.05 Å². The Morgan fingerprint density at radius 3 is 2.62 bits per heavy atom. The number of rotatable bonds is 5. The number of halogens is 2. The maximum atomic E-state index is 12.2. The Hall–Kier alpha value is -1.95. The molecule has 2 aromatic carbocycles. The van der Waals surface area contributed by atoms with Crippen LogP contribution in [0.4, 0.5) is 5.69 Å². The Kier molecular flexibility index (Phi) is 5.91. The van der Waals surface area contributed by atoms with Crippen LogP contribution < -0.4 is 5.32 Å². The third kappa shape index (κ3) is 4.41. The molecule has 3 rings (SSSR count). The standard InChI is InChI=1S/C19H17Cl2N3OS/c1-12-3-8-15(9-16(12)21)23-18(25)11-26-19-22-10-17(24(19)2)13-4-6-14(20)7-5-13/h3-10H,11H2,1-2H3,(H,23,25). The van der Waals surface area contributed by atoms with Gasteiger partial charge in [0.1, 0.15) is 0 Å². The van der Waals surface area contributed by atoms with E-state index in [0.717, 1.165) is 22.0 Å². The van der Waals surface area contributed by atoms with Crippen LogP contribution in [0.25, 0.3) is 11.3 Å². The molecule has 26 heavy (non-hydrogen) atoms. The van der Waals surface area contributed by atoms with Crippen LogP contribution in [0.15, 0.2) is 53.8 Å². The highest BCUT2D eigenvalue weighted by Gasteiger charge is 2.11. The zero-order valence-electron chi connectivity index (χ0n) is 14.3. The molecule has 0 fully saturated rings. The van der Waals surface area contributed by atoms with Crippen LogP contribution in [-0.4, -0.2) is 21.2 Å². The average molecular weight is 406 g/mol. The molecule has 0 saturated carbocycles. The summed E-state index contributed by atoms with van der Waals surface area (Å²) in [6.45, 7) is 1.92. The van der Waals surface area contributed by atoms with Crippen LogP contribution >= 0.6 is 35.0 Å². The number of nitrogens with zero attached hydrogens (tertiary/aromatic N) is 2. The maximum Gasteiger partial charge on any atom is 0.234 e. The van der Waals surface area contributed by atoms with Crippen molar-refractivity contribution in [2.45, 2.75) is 12.1 Å². The Balaban J connectivity index is 1.63. The maximum absolute atomic E-state index is 12.2. The second-order valence-corrected chi connectivity index (χ2v) is 7.58. The van der Waals surface area contributed by atoms with Crippen LogP contribution in [0.1, 0.15) is 5.56 Å². The third-order valence-corrected chi connectivity index (χ3v) is 5.58. The second-order valence-electron chi connectivity index (χ2n) is 5.79. The van der Waals surface area contributed by atoms with Crippen molar-refractivity contribution >= 4 is 46.6 Å². The van der Waals surface area contributed by atoms with E-state index in [0.29, 0.717) is 15.7 Å². The van der Waals surface area contributed by atoms with Crippen LogP contribution in [0.5, 0.6) is 0 Å². The molecule has 0 unspecified atom stereocenters. The topological polar surface area (TPSA) is 46.9 Å². The van der Waals surface area contributed by atoms with Gasteiger partial charge in [-0.05, 0) is 42.3 Å². The lowest BCUT2D eigenvalue weighted by Gasteiger charge is -2.08. The smallest absolute Gasteiger partial charge is 0.234 e. The molecular formula is C19H17Cl2N3OS. The lowest BCUT2D eigenvalue weighted by Crippen LogP contribution is -2.14. The molecule has 3 aromatic rings. The highest BCUT2D eigenvalue weighted by molar-refractivity contribution is 7.99. The van der Waals surface area contributed by atoms with Crippen molar-refractivity contribution in [1.82, 2.24) is 9.55 Å². The summed E-state index contributed by atoms with van der Waals surface area (Å²) in [7, 11) is 1.93. The van der Waals surface area contributed by atoms with Crippen molar-refractivity contribution in [3.8, 4) is 11.3 Å². The van der Waals surface area contributed by atoms with Gasteiger partial charge in [0.15, 0.2) is 5.16 Å². The fourth-order valence-corrected chi connectivity index (χ4v) is 3.47. The molecular weight excluding hydrogens is 389 g/mol. The van der Waals surface area contributed by atoms with Gasteiger partial charge >= 0.3 is 0 Å². The molecule has 0 aliphatic heterocycles. The molecule has 1 amide bonds. The number of imidazole rings is 1. The molecule has 134 valence electrons. The van der Waals surface area contributed by atoms with Crippen LogP contribution in [0.3, 0.4) is 0 Å². The van der Waals surface area contributed by atoms with Gasteiger partial charge < -0.3 is 9.88 Å². The first-order valence-electron chi connectivity index (χ1n) is 7.90. The van der Waals surface area contributed by atoms with Crippen molar-refractivity contribution < 1.29 is 4.79 Å². The minimum absolute atomic E-state index is 0.106. The first-order chi connectivity index (χ1) is 12.4. The van der Waals surface area contributed by atoms with Gasteiger partial charge in [-0.3, -0.25) is 4.79 Å². The second kappa shape index (κ2) is 8.16. The number of anilines is 1. The summed E-state index contributed by atoms with van der Waals surface area (Å²) in [6.07, 6.45) is 1.79. The molecule has 0 bridgehead atoms. The van der Waals surface area contributed by atoms with Crippen molar-refractivity contribution in [1.29, 1.82) is 0 Å². The summed E-state index contributed by atoms with van der Waals surface area (Å²) in [6, 6.07) is 13.0. The molecule has 0 aliphatic rings. The van der Waals surface area contributed by atoms with E-state index < -0.39 is 0 Å². The predicted molar refractivity (Wildman–Crippen MR) is 109 cm³/mol. The van der Waals surface area contributed by atoms with Crippen molar-refractivity contribution in [3.63, 3.8) is 0 Å². The molecule has 0 atom stereocenters. The Morgan fingerprint density at radius 2 is 1.92 bits per heavy atom. The normalized spacial score (nSPS) is 10.8. The van der Waals surface area contributed by atoms with Crippen LogP contribution in [-0.2, 0) is 11.8 Å². The molecule has 0 radical (unpaired) electrons. The zero-order valence-corrected chi connectivity index (χ0v) is 16.6. The van der Waals surface area contributed by atoms with Gasteiger partial charge in [-0.25, -0.2) is 4.98 Å². The Labute approximate surface area is 166 Å². The molecule has 1 N–H and O–H groups in total. The number of carbonyl (C=O) groups is 1. The number of amides is 1. The number of thioether (sulfide) groups is 1.